The molecule has 0 N–H and O–H groups in total. The zero-order valence-electron chi connectivity index (χ0n) is 17.0. The van der Waals surface area contributed by atoms with E-state index in [1.165, 1.54) is 23.9 Å². The Labute approximate surface area is 178 Å². The van der Waals surface area contributed by atoms with Gasteiger partial charge in [-0.05, 0) is 56.2 Å². The third kappa shape index (κ3) is 5.58. The van der Waals surface area contributed by atoms with E-state index in [4.69, 9.17) is 9.47 Å². The van der Waals surface area contributed by atoms with Gasteiger partial charge in [0.1, 0.15) is 11.6 Å². The second-order valence-electron chi connectivity index (χ2n) is 6.59. The average molecular weight is 435 g/mol. The van der Waals surface area contributed by atoms with Crippen molar-refractivity contribution in [1.82, 2.24) is 9.55 Å². The number of ether oxygens (including phenoxy) is 2. The molecule has 3 aromatic rings. The van der Waals surface area contributed by atoms with E-state index in [1.807, 2.05) is 17.6 Å². The van der Waals surface area contributed by atoms with Gasteiger partial charge in [-0.15, -0.1) is 0 Å². The zero-order valence-corrected chi connectivity index (χ0v) is 17.8. The lowest BCUT2D eigenvalue weighted by Crippen LogP contribution is -2.05. The largest absolute Gasteiger partial charge is 0.462 e. The lowest BCUT2D eigenvalue weighted by molar-refractivity contribution is 0.0526. The zero-order chi connectivity index (χ0) is 21.5. The van der Waals surface area contributed by atoms with Crippen LogP contribution in [-0.2, 0) is 21.8 Å². The Hall–Kier alpha value is -2.45. The number of imidazole rings is 1. The van der Waals surface area contributed by atoms with E-state index in [1.54, 1.807) is 19.1 Å². The first-order valence-corrected chi connectivity index (χ1v) is 10.8. The molecule has 0 spiro atoms. The highest BCUT2D eigenvalue weighted by atomic mass is 32.2. The molecule has 0 unspecified atom stereocenters. The van der Waals surface area contributed by atoms with Crippen LogP contribution in [0.3, 0.4) is 0 Å². The van der Waals surface area contributed by atoms with E-state index in [2.05, 4.69) is 4.98 Å². The number of fused-ring (bicyclic) bond motifs is 1. The van der Waals surface area contributed by atoms with Crippen LogP contribution in [0.25, 0.3) is 11.0 Å². The number of hydrogen-bond acceptors (Lipinski definition) is 5. The van der Waals surface area contributed by atoms with Gasteiger partial charge in [0.2, 0.25) is 0 Å². The second kappa shape index (κ2) is 10.5. The monoisotopic (exact) mass is 434 g/mol. The van der Waals surface area contributed by atoms with Crippen LogP contribution < -0.4 is 0 Å². The number of aromatic nitrogens is 2. The summed E-state index contributed by atoms with van der Waals surface area (Å²) >= 11 is 1.39. The van der Waals surface area contributed by atoms with Gasteiger partial charge in [-0.1, -0.05) is 11.8 Å². The van der Waals surface area contributed by atoms with Gasteiger partial charge in [-0.2, -0.15) is 0 Å². The molecule has 0 radical (unpaired) electrons. The highest BCUT2D eigenvalue weighted by molar-refractivity contribution is 7.98. The van der Waals surface area contributed by atoms with Gasteiger partial charge < -0.3 is 14.0 Å². The van der Waals surface area contributed by atoms with Crippen molar-refractivity contribution in [1.29, 1.82) is 0 Å². The number of thioether (sulfide) groups is 1. The Bertz CT molecular complexity index is 1000. The first kappa shape index (κ1) is 22.2. The summed E-state index contributed by atoms with van der Waals surface area (Å²) in [5.74, 6) is -1.23. The van der Waals surface area contributed by atoms with Crippen LogP contribution in [0.5, 0.6) is 0 Å². The molecule has 1 aromatic heterocycles. The number of nitrogens with zero attached hydrogens (tertiary/aromatic N) is 2. The number of rotatable bonds is 10. The summed E-state index contributed by atoms with van der Waals surface area (Å²) in [6.45, 7) is 5.95. The fraction of sp³-hybridized carbons (Fsp3) is 0.364. The Morgan fingerprint density at radius 1 is 1.10 bits per heavy atom. The van der Waals surface area contributed by atoms with Gasteiger partial charge in [-0.3, -0.25) is 0 Å². The topological polar surface area (TPSA) is 53.4 Å². The van der Waals surface area contributed by atoms with Gasteiger partial charge in [0.25, 0.3) is 0 Å². The summed E-state index contributed by atoms with van der Waals surface area (Å²) < 4.78 is 39.5. The van der Waals surface area contributed by atoms with Crippen LogP contribution in [0.2, 0.25) is 0 Å². The molecule has 0 amide bonds. The van der Waals surface area contributed by atoms with Crippen LogP contribution in [0, 0.1) is 11.6 Å². The lowest BCUT2D eigenvalue weighted by Gasteiger charge is -2.09. The molecule has 8 heteroatoms. The number of halogens is 2. The van der Waals surface area contributed by atoms with E-state index in [9.17, 15) is 13.6 Å². The number of benzene rings is 2. The molecule has 0 saturated carbocycles. The first-order chi connectivity index (χ1) is 14.5. The SMILES string of the molecule is CCOCCCn1c(SCc2cc(F)cc(F)c2)nc2cc(C(=O)OCC)ccc21. The normalized spacial score (nSPS) is 11.2. The molecule has 2 aromatic carbocycles. The van der Waals surface area contributed by atoms with Gasteiger partial charge in [0.05, 0.1) is 23.2 Å². The van der Waals surface area contributed by atoms with Crippen LogP contribution in [0.1, 0.15) is 36.2 Å². The van der Waals surface area contributed by atoms with Crippen molar-refractivity contribution in [2.24, 2.45) is 0 Å². The maximum atomic E-state index is 13.5. The summed E-state index contributed by atoms with van der Waals surface area (Å²) in [6.07, 6.45) is 0.793. The Morgan fingerprint density at radius 2 is 1.87 bits per heavy atom. The minimum absolute atomic E-state index is 0.300. The molecule has 0 aliphatic carbocycles. The van der Waals surface area contributed by atoms with E-state index in [0.29, 0.717) is 53.9 Å². The summed E-state index contributed by atoms with van der Waals surface area (Å²) in [4.78, 5) is 16.7. The van der Waals surface area contributed by atoms with Crippen molar-refractivity contribution in [3.63, 3.8) is 0 Å². The quantitative estimate of drug-likeness (QED) is 0.249. The minimum Gasteiger partial charge on any atom is -0.462 e. The van der Waals surface area contributed by atoms with E-state index < -0.39 is 17.6 Å². The Kier molecular flexibility index (Phi) is 7.81. The molecule has 0 aliphatic rings. The standard InChI is InChI=1S/C22H24F2N2O3S/c1-3-28-9-5-8-26-20-7-6-16(21(27)29-4-2)12-19(20)25-22(26)30-14-15-10-17(23)13-18(24)11-15/h6-7,10-13H,3-5,8-9,14H2,1-2H3. The number of esters is 1. The molecule has 1 heterocycles. The lowest BCUT2D eigenvalue weighted by atomic mass is 10.2. The second-order valence-corrected chi connectivity index (χ2v) is 7.53. The number of aryl methyl sites for hydroxylation is 1. The smallest absolute Gasteiger partial charge is 0.338 e. The molecule has 0 bridgehead atoms. The molecule has 5 nitrogen and oxygen atoms in total. The van der Waals surface area contributed by atoms with Crippen molar-refractivity contribution < 1.29 is 23.0 Å². The molecule has 3 rings (SSSR count). The van der Waals surface area contributed by atoms with Gasteiger partial charge in [-0.25, -0.2) is 18.6 Å². The molecular weight excluding hydrogens is 410 g/mol. The van der Waals surface area contributed by atoms with E-state index >= 15 is 0 Å². The van der Waals surface area contributed by atoms with Crippen molar-refractivity contribution in [2.75, 3.05) is 19.8 Å². The summed E-state index contributed by atoms with van der Waals surface area (Å²) in [7, 11) is 0. The predicted octanol–water partition coefficient (Wildman–Crippen LogP) is 5.21. The van der Waals surface area contributed by atoms with Crippen molar-refractivity contribution >= 4 is 28.8 Å². The van der Waals surface area contributed by atoms with Gasteiger partial charge in [0, 0.05) is 31.6 Å². The fourth-order valence-electron chi connectivity index (χ4n) is 3.09. The first-order valence-electron chi connectivity index (χ1n) is 9.84. The summed E-state index contributed by atoms with van der Waals surface area (Å²) in [5.41, 5.74) is 2.53. The molecule has 0 atom stereocenters. The number of carbonyl (C=O) groups is 1. The number of carbonyl (C=O) groups excluding carboxylic acids is 1. The maximum absolute atomic E-state index is 13.5. The van der Waals surface area contributed by atoms with Gasteiger partial charge in [0.15, 0.2) is 5.16 Å². The van der Waals surface area contributed by atoms with Crippen LogP contribution >= 0.6 is 11.8 Å². The molecule has 0 fully saturated rings. The van der Waals surface area contributed by atoms with Crippen molar-refractivity contribution in [3.05, 3.63) is 59.2 Å². The fourth-order valence-corrected chi connectivity index (χ4v) is 4.06. The third-order valence-corrected chi connectivity index (χ3v) is 5.44. The van der Waals surface area contributed by atoms with Crippen molar-refractivity contribution in [2.45, 2.75) is 37.7 Å². The van der Waals surface area contributed by atoms with Gasteiger partial charge >= 0.3 is 5.97 Å². The highest BCUT2D eigenvalue weighted by Gasteiger charge is 2.15. The minimum atomic E-state index is -0.602. The van der Waals surface area contributed by atoms with Crippen molar-refractivity contribution in [3.8, 4) is 0 Å². The highest BCUT2D eigenvalue weighted by Crippen LogP contribution is 2.28. The number of hydrogen-bond donors (Lipinski definition) is 0. The van der Waals surface area contributed by atoms with Crippen LogP contribution in [0.15, 0.2) is 41.6 Å². The molecule has 0 saturated heterocycles. The van der Waals surface area contributed by atoms with Crippen LogP contribution in [-0.4, -0.2) is 35.3 Å². The molecule has 160 valence electrons. The Morgan fingerprint density at radius 3 is 2.57 bits per heavy atom. The maximum Gasteiger partial charge on any atom is 0.338 e. The van der Waals surface area contributed by atoms with E-state index in [0.717, 1.165) is 18.0 Å². The molecule has 30 heavy (non-hydrogen) atoms. The summed E-state index contributed by atoms with van der Waals surface area (Å²) in [5, 5.41) is 0.715. The molecular formula is C22H24F2N2O3S. The third-order valence-electron chi connectivity index (χ3n) is 4.39. The van der Waals surface area contributed by atoms with Crippen LogP contribution in [0.4, 0.5) is 8.78 Å². The summed E-state index contributed by atoms with van der Waals surface area (Å²) in [6, 6.07) is 8.76. The predicted molar refractivity (Wildman–Crippen MR) is 113 cm³/mol. The van der Waals surface area contributed by atoms with E-state index in [-0.39, 0.29) is 0 Å². The molecule has 0 aliphatic heterocycles. The average Bonchev–Trinajstić information content (AvgIpc) is 3.06. The Balaban J connectivity index is 1.87.